The van der Waals surface area contributed by atoms with Gasteiger partial charge in [0, 0.05) is 29.0 Å². The summed E-state index contributed by atoms with van der Waals surface area (Å²) in [5.41, 5.74) is -1.73. The maximum absolute atomic E-state index is 13.2. The largest absolute Gasteiger partial charge is 0.494 e. The minimum absolute atomic E-state index is 0.0905. The number of nitro groups is 1. The van der Waals surface area contributed by atoms with E-state index in [0.29, 0.717) is 23.6 Å². The topological polar surface area (TPSA) is 88.5 Å². The average molecular weight is 352 g/mol. The molecule has 1 heterocycles. The number of nitro benzene ring substituents is 1. The second-order valence-corrected chi connectivity index (χ2v) is 6.10. The number of aromatic hydroxyl groups is 2. The molecule has 6 nitrogen and oxygen atoms in total. The van der Waals surface area contributed by atoms with Crippen molar-refractivity contribution in [3.05, 3.63) is 57.2 Å². The fourth-order valence-corrected chi connectivity index (χ4v) is 3.73. The second-order valence-electron chi connectivity index (χ2n) is 6.10. The van der Waals surface area contributed by atoms with Crippen molar-refractivity contribution in [1.29, 1.82) is 0 Å². The Morgan fingerprint density at radius 1 is 1.12 bits per heavy atom. The van der Waals surface area contributed by atoms with Gasteiger partial charge in [-0.3, -0.25) is 14.7 Å². The first-order chi connectivity index (χ1) is 11.7. The number of hydrogen-bond acceptors (Lipinski definition) is 4. The molecule has 2 N–H and O–H groups in total. The molecule has 130 valence electrons. The zero-order chi connectivity index (χ0) is 18.1. The van der Waals surface area contributed by atoms with Crippen LogP contribution in [0.15, 0.2) is 30.4 Å². The number of allylic oxidation sites excluding steroid dienone is 2. The molecule has 2 aromatic rings. The Morgan fingerprint density at radius 2 is 1.68 bits per heavy atom. The molecule has 0 fully saturated rings. The van der Waals surface area contributed by atoms with E-state index in [0.717, 1.165) is 16.7 Å². The number of rotatable bonds is 2. The summed E-state index contributed by atoms with van der Waals surface area (Å²) in [6.45, 7) is 0. The fraction of sp³-hybridized carbons (Fsp3) is 0.250. The Labute approximate surface area is 138 Å². The molecule has 2 bridgehead atoms. The van der Waals surface area contributed by atoms with Gasteiger partial charge in [-0.2, -0.15) is 13.2 Å². The van der Waals surface area contributed by atoms with Gasteiger partial charge in [0.25, 0.3) is 5.69 Å². The van der Waals surface area contributed by atoms with E-state index in [2.05, 4.69) is 0 Å². The molecule has 4 rings (SSSR count). The van der Waals surface area contributed by atoms with E-state index in [9.17, 15) is 33.5 Å². The number of benzene rings is 1. The quantitative estimate of drug-likeness (QED) is 0.486. The maximum atomic E-state index is 13.2. The van der Waals surface area contributed by atoms with Crippen molar-refractivity contribution in [2.75, 3.05) is 0 Å². The van der Waals surface area contributed by atoms with Gasteiger partial charge < -0.3 is 10.2 Å². The number of alkyl halides is 3. The molecule has 1 aromatic heterocycles. The van der Waals surface area contributed by atoms with Crippen LogP contribution in [0.3, 0.4) is 0 Å². The zero-order valence-electron chi connectivity index (χ0n) is 12.5. The SMILES string of the molecule is O=[N+]([O-])c1ccc(-n2c(O)c3c(c2O)[C@H]2C=C[C@@H]3C2)cc1C(F)(F)F. The molecular weight excluding hydrogens is 341 g/mol. The van der Waals surface area contributed by atoms with E-state index in [-0.39, 0.29) is 29.3 Å². The minimum Gasteiger partial charge on any atom is -0.494 e. The van der Waals surface area contributed by atoms with Gasteiger partial charge in [0.1, 0.15) is 5.56 Å². The van der Waals surface area contributed by atoms with E-state index in [1.54, 1.807) is 0 Å². The monoisotopic (exact) mass is 352 g/mol. The summed E-state index contributed by atoms with van der Waals surface area (Å²) in [4.78, 5) is 9.73. The summed E-state index contributed by atoms with van der Waals surface area (Å²) in [7, 11) is 0. The lowest BCUT2D eigenvalue weighted by Gasteiger charge is -2.13. The van der Waals surface area contributed by atoms with Gasteiger partial charge in [-0.25, -0.2) is 0 Å². The molecule has 0 spiro atoms. The molecule has 0 unspecified atom stereocenters. The van der Waals surface area contributed by atoms with Crippen LogP contribution in [-0.2, 0) is 6.18 Å². The molecule has 0 saturated heterocycles. The van der Waals surface area contributed by atoms with Crippen molar-refractivity contribution in [1.82, 2.24) is 4.57 Å². The highest BCUT2D eigenvalue weighted by Crippen LogP contribution is 2.57. The third-order valence-electron chi connectivity index (χ3n) is 4.76. The summed E-state index contributed by atoms with van der Waals surface area (Å²) in [5.74, 6) is -0.864. The van der Waals surface area contributed by atoms with Gasteiger partial charge >= 0.3 is 6.18 Å². The third kappa shape index (κ3) is 2.04. The minimum atomic E-state index is -4.94. The summed E-state index contributed by atoms with van der Waals surface area (Å²) >= 11 is 0. The second kappa shape index (κ2) is 4.78. The molecule has 9 heteroatoms. The van der Waals surface area contributed by atoms with Crippen LogP contribution in [0.2, 0.25) is 0 Å². The molecule has 0 amide bonds. The van der Waals surface area contributed by atoms with Crippen LogP contribution < -0.4 is 0 Å². The molecule has 25 heavy (non-hydrogen) atoms. The van der Waals surface area contributed by atoms with Crippen LogP contribution in [0.1, 0.15) is 34.9 Å². The molecule has 0 radical (unpaired) electrons. The fourth-order valence-electron chi connectivity index (χ4n) is 3.73. The first-order valence-electron chi connectivity index (χ1n) is 7.41. The Bertz CT molecular complexity index is 910. The first kappa shape index (κ1) is 15.6. The number of halogens is 3. The summed E-state index contributed by atoms with van der Waals surface area (Å²) in [5, 5.41) is 31.7. The number of hydrogen-bond donors (Lipinski definition) is 2. The lowest BCUT2D eigenvalue weighted by Crippen LogP contribution is -2.10. The van der Waals surface area contributed by atoms with Gasteiger partial charge in [-0.15, -0.1) is 0 Å². The Kier molecular flexibility index (Phi) is 2.97. The molecule has 0 aliphatic heterocycles. The van der Waals surface area contributed by atoms with Crippen molar-refractivity contribution in [2.24, 2.45) is 0 Å². The smallest absolute Gasteiger partial charge is 0.423 e. The highest BCUT2D eigenvalue weighted by Gasteiger charge is 2.42. The summed E-state index contributed by atoms with van der Waals surface area (Å²) < 4.78 is 40.4. The first-order valence-corrected chi connectivity index (χ1v) is 7.41. The van der Waals surface area contributed by atoms with Crippen LogP contribution in [-0.4, -0.2) is 19.7 Å². The van der Waals surface area contributed by atoms with Crippen molar-refractivity contribution in [3.63, 3.8) is 0 Å². The van der Waals surface area contributed by atoms with E-state index in [1.165, 1.54) is 0 Å². The van der Waals surface area contributed by atoms with Crippen molar-refractivity contribution in [3.8, 4) is 17.4 Å². The lowest BCUT2D eigenvalue weighted by molar-refractivity contribution is -0.388. The number of nitrogens with zero attached hydrogens (tertiary/aromatic N) is 2. The standard InChI is InChI=1S/C16H11F3N2O4/c17-16(18,19)10-6-9(3-4-11(10)21(24)25)20-14(22)12-7-1-2-8(5-7)13(12)15(20)23/h1-4,6-8,22-23H,5H2/t7-,8+. The normalized spacial score (nSPS) is 20.9. The lowest BCUT2D eigenvalue weighted by atomic mass is 10.0. The van der Waals surface area contributed by atoms with E-state index < -0.39 is 22.4 Å². The molecular formula is C16H11F3N2O4. The summed E-state index contributed by atoms with van der Waals surface area (Å²) in [6.07, 6.45) is -0.470. The van der Waals surface area contributed by atoms with Crippen LogP contribution in [0.25, 0.3) is 5.69 Å². The molecule has 2 aliphatic carbocycles. The van der Waals surface area contributed by atoms with Gasteiger partial charge in [-0.05, 0) is 18.6 Å². The molecule has 2 aliphatic rings. The van der Waals surface area contributed by atoms with Crippen molar-refractivity contribution in [2.45, 2.75) is 24.4 Å². The molecule has 0 saturated carbocycles. The molecule has 1 aromatic carbocycles. The number of fused-ring (bicyclic) bond motifs is 5. The Morgan fingerprint density at radius 3 is 2.16 bits per heavy atom. The van der Waals surface area contributed by atoms with Crippen LogP contribution in [0, 0.1) is 10.1 Å². The van der Waals surface area contributed by atoms with Gasteiger partial charge in [0.05, 0.1) is 10.6 Å². The van der Waals surface area contributed by atoms with E-state index in [1.807, 2.05) is 12.2 Å². The number of aromatic nitrogens is 1. The van der Waals surface area contributed by atoms with Gasteiger partial charge in [0.15, 0.2) is 0 Å². The maximum Gasteiger partial charge on any atom is 0.423 e. The van der Waals surface area contributed by atoms with Crippen molar-refractivity contribution >= 4 is 5.69 Å². The van der Waals surface area contributed by atoms with Gasteiger partial charge in [-0.1, -0.05) is 12.2 Å². The average Bonchev–Trinajstić information content (AvgIpc) is 3.20. The van der Waals surface area contributed by atoms with Crippen LogP contribution in [0.5, 0.6) is 11.8 Å². The van der Waals surface area contributed by atoms with Gasteiger partial charge in [0.2, 0.25) is 11.8 Å². The van der Waals surface area contributed by atoms with Crippen LogP contribution in [0.4, 0.5) is 18.9 Å². The Hall–Kier alpha value is -2.97. The third-order valence-corrected chi connectivity index (χ3v) is 4.76. The predicted molar refractivity (Wildman–Crippen MR) is 80.0 cm³/mol. The Balaban J connectivity index is 1.92. The molecule has 2 atom stereocenters. The highest BCUT2D eigenvalue weighted by atomic mass is 19.4. The zero-order valence-corrected chi connectivity index (χ0v) is 12.5. The van der Waals surface area contributed by atoms with E-state index in [4.69, 9.17) is 0 Å². The van der Waals surface area contributed by atoms with Crippen LogP contribution >= 0.6 is 0 Å². The summed E-state index contributed by atoms with van der Waals surface area (Å²) in [6, 6.07) is 2.34. The highest BCUT2D eigenvalue weighted by molar-refractivity contribution is 5.63. The van der Waals surface area contributed by atoms with E-state index >= 15 is 0 Å². The predicted octanol–water partition coefficient (Wildman–Crippen LogP) is 3.96. The van der Waals surface area contributed by atoms with Crippen molar-refractivity contribution < 1.29 is 28.3 Å².